The Morgan fingerprint density at radius 2 is 2.05 bits per heavy atom. The van der Waals surface area contributed by atoms with Crippen LogP contribution in [0, 0.1) is 0 Å². The highest BCUT2D eigenvalue weighted by Crippen LogP contribution is 2.49. The smallest absolute Gasteiger partial charge is 0.420 e. The van der Waals surface area contributed by atoms with Crippen molar-refractivity contribution in [3.8, 4) is 11.5 Å². The number of rotatable bonds is 3. The summed E-state index contributed by atoms with van der Waals surface area (Å²) in [5.74, 6) is -0.205. The highest BCUT2D eigenvalue weighted by Gasteiger charge is 2.42. The van der Waals surface area contributed by atoms with Crippen molar-refractivity contribution in [2.45, 2.75) is 18.7 Å². The summed E-state index contributed by atoms with van der Waals surface area (Å²) in [7, 11) is 2.53. The molecule has 1 aromatic carbocycles. The zero-order chi connectivity index (χ0) is 14.9. The molecule has 20 heavy (non-hydrogen) atoms. The van der Waals surface area contributed by atoms with Gasteiger partial charge in [0, 0.05) is 10.9 Å². The molecule has 1 aliphatic heterocycles. The molecule has 0 radical (unpaired) electrons. The summed E-state index contributed by atoms with van der Waals surface area (Å²) in [6.07, 6.45) is -4.76. The van der Waals surface area contributed by atoms with Crippen molar-refractivity contribution < 1.29 is 27.4 Å². The molecule has 112 valence electrons. The fourth-order valence-electron chi connectivity index (χ4n) is 2.43. The maximum absolute atomic E-state index is 13.4. The van der Waals surface area contributed by atoms with Crippen molar-refractivity contribution in [1.82, 2.24) is 0 Å². The van der Waals surface area contributed by atoms with Gasteiger partial charge in [-0.1, -0.05) is 15.9 Å². The summed E-state index contributed by atoms with van der Waals surface area (Å²) in [5.41, 5.74) is -0.0811. The molecule has 1 atom stereocenters. The van der Waals surface area contributed by atoms with Crippen molar-refractivity contribution in [3.63, 3.8) is 0 Å². The fourth-order valence-corrected chi connectivity index (χ4v) is 2.94. The minimum Gasteiger partial charge on any atom is -0.493 e. The molecule has 0 spiro atoms. The van der Waals surface area contributed by atoms with Crippen LogP contribution >= 0.6 is 15.9 Å². The van der Waals surface area contributed by atoms with E-state index in [-0.39, 0.29) is 17.1 Å². The van der Waals surface area contributed by atoms with E-state index >= 15 is 0 Å². The summed E-state index contributed by atoms with van der Waals surface area (Å²) in [6.45, 7) is 0.385. The van der Waals surface area contributed by atoms with Gasteiger partial charge in [0.25, 0.3) is 0 Å². The predicted octanol–water partition coefficient (Wildman–Crippen LogP) is 3.73. The van der Waals surface area contributed by atoms with Crippen molar-refractivity contribution in [3.05, 3.63) is 22.8 Å². The lowest BCUT2D eigenvalue weighted by Crippen LogP contribution is -2.24. The second-order valence-electron chi connectivity index (χ2n) is 4.32. The molecule has 0 aliphatic carbocycles. The van der Waals surface area contributed by atoms with Crippen LogP contribution in [-0.2, 0) is 17.3 Å². The Balaban J connectivity index is 2.77. The molecule has 1 heterocycles. The number of hydrogen-bond donors (Lipinski definition) is 0. The maximum atomic E-state index is 13.4. The number of ether oxygens (including phenoxy) is 3. The Kier molecular flexibility index (Phi) is 4.49. The van der Waals surface area contributed by atoms with Crippen LogP contribution in [0.25, 0.3) is 0 Å². The van der Waals surface area contributed by atoms with Gasteiger partial charge in [0.15, 0.2) is 11.5 Å². The van der Waals surface area contributed by atoms with Crippen LogP contribution in [0.2, 0.25) is 0 Å². The molecule has 3 nitrogen and oxygen atoms in total. The minimum atomic E-state index is -4.54. The summed E-state index contributed by atoms with van der Waals surface area (Å²) >= 11 is 3.20. The summed E-state index contributed by atoms with van der Waals surface area (Å²) in [5, 5.41) is 0.290. The number of halogens is 4. The molecule has 0 fully saturated rings. The lowest BCUT2D eigenvalue weighted by molar-refractivity contribution is -0.141. The Morgan fingerprint density at radius 3 is 2.55 bits per heavy atom. The van der Waals surface area contributed by atoms with Gasteiger partial charge < -0.3 is 14.2 Å². The van der Waals surface area contributed by atoms with Gasteiger partial charge in [-0.25, -0.2) is 0 Å². The summed E-state index contributed by atoms with van der Waals surface area (Å²) in [6, 6.07) is 1.60. The van der Waals surface area contributed by atoms with Gasteiger partial charge in [0.2, 0.25) is 0 Å². The van der Waals surface area contributed by atoms with Gasteiger partial charge in [0.1, 0.15) is 5.56 Å². The predicted molar refractivity (Wildman–Crippen MR) is 70.7 cm³/mol. The van der Waals surface area contributed by atoms with Crippen LogP contribution in [-0.4, -0.2) is 26.2 Å². The zero-order valence-electron chi connectivity index (χ0n) is 11.0. The number of hydrogen-bond acceptors (Lipinski definition) is 3. The van der Waals surface area contributed by atoms with Gasteiger partial charge in [-0.05, 0) is 18.1 Å². The molecule has 0 N–H and O–H groups in total. The maximum Gasteiger partial charge on any atom is 0.420 e. The van der Waals surface area contributed by atoms with E-state index in [4.69, 9.17) is 14.2 Å². The summed E-state index contributed by atoms with van der Waals surface area (Å²) in [4.78, 5) is 0. The molecule has 1 unspecified atom stereocenters. The molecule has 0 saturated heterocycles. The SMILES string of the molecule is COc1cc2c(c(C(F)(F)F)c1OC)C(CBr)OCC2. The zero-order valence-corrected chi connectivity index (χ0v) is 12.6. The number of fused-ring (bicyclic) bond motifs is 1. The fraction of sp³-hybridized carbons (Fsp3) is 0.538. The van der Waals surface area contributed by atoms with Gasteiger partial charge >= 0.3 is 6.18 Å². The average molecular weight is 355 g/mol. The molecule has 0 saturated carbocycles. The largest absolute Gasteiger partial charge is 0.493 e. The quantitative estimate of drug-likeness (QED) is 0.774. The molecule has 2 rings (SSSR count). The molecular formula is C13H14BrF3O3. The second-order valence-corrected chi connectivity index (χ2v) is 4.97. The molecule has 0 bridgehead atoms. The van der Waals surface area contributed by atoms with Crippen LogP contribution in [0.3, 0.4) is 0 Å². The van der Waals surface area contributed by atoms with E-state index in [0.717, 1.165) is 0 Å². The van der Waals surface area contributed by atoms with E-state index < -0.39 is 17.8 Å². The Bertz CT molecular complexity index is 503. The van der Waals surface area contributed by atoms with Crippen LogP contribution in [0.15, 0.2) is 6.07 Å². The third kappa shape index (κ3) is 2.61. The van der Waals surface area contributed by atoms with Crippen molar-refractivity contribution in [1.29, 1.82) is 0 Å². The summed E-state index contributed by atoms with van der Waals surface area (Å²) < 4.78 is 55.7. The first-order valence-electron chi connectivity index (χ1n) is 5.96. The van der Waals surface area contributed by atoms with Crippen molar-refractivity contribution in [2.75, 3.05) is 26.2 Å². The van der Waals surface area contributed by atoms with E-state index in [1.54, 1.807) is 6.07 Å². The van der Waals surface area contributed by atoms with Crippen LogP contribution in [0.4, 0.5) is 13.2 Å². The Hall–Kier alpha value is -0.950. The van der Waals surface area contributed by atoms with Gasteiger partial charge in [-0.2, -0.15) is 13.2 Å². The van der Waals surface area contributed by atoms with E-state index in [9.17, 15) is 13.2 Å². The monoisotopic (exact) mass is 354 g/mol. The number of benzene rings is 1. The molecule has 7 heteroatoms. The van der Waals surface area contributed by atoms with Crippen LogP contribution in [0.1, 0.15) is 22.8 Å². The molecule has 1 aromatic rings. The van der Waals surface area contributed by atoms with Crippen molar-refractivity contribution >= 4 is 15.9 Å². The normalized spacial score (nSPS) is 18.6. The van der Waals surface area contributed by atoms with E-state index in [1.165, 1.54) is 14.2 Å². The third-order valence-corrected chi connectivity index (χ3v) is 3.82. The molecule has 0 amide bonds. The topological polar surface area (TPSA) is 27.7 Å². The Morgan fingerprint density at radius 1 is 1.35 bits per heavy atom. The first-order valence-corrected chi connectivity index (χ1v) is 7.08. The first kappa shape index (κ1) is 15.4. The first-order chi connectivity index (χ1) is 9.43. The third-order valence-electron chi connectivity index (χ3n) is 3.23. The van der Waals surface area contributed by atoms with E-state index in [1.807, 2.05) is 0 Å². The van der Waals surface area contributed by atoms with E-state index in [2.05, 4.69) is 15.9 Å². The van der Waals surface area contributed by atoms with Gasteiger partial charge in [0.05, 0.1) is 26.9 Å². The van der Waals surface area contributed by atoms with Crippen LogP contribution in [0.5, 0.6) is 11.5 Å². The molecular weight excluding hydrogens is 341 g/mol. The van der Waals surface area contributed by atoms with Crippen LogP contribution < -0.4 is 9.47 Å². The standard InChI is InChI=1S/C13H14BrF3O3/c1-18-8-5-7-3-4-20-9(6-14)10(7)11(12(8)19-2)13(15,16)17/h5,9H,3-4,6H2,1-2H3. The van der Waals surface area contributed by atoms with Gasteiger partial charge in [-0.3, -0.25) is 0 Å². The van der Waals surface area contributed by atoms with E-state index in [0.29, 0.717) is 23.9 Å². The molecule has 1 aliphatic rings. The van der Waals surface area contributed by atoms with Crippen molar-refractivity contribution in [2.24, 2.45) is 0 Å². The lowest BCUT2D eigenvalue weighted by Gasteiger charge is -2.30. The van der Waals surface area contributed by atoms with Gasteiger partial charge in [-0.15, -0.1) is 0 Å². The average Bonchev–Trinajstić information content (AvgIpc) is 2.43. The second kappa shape index (κ2) is 5.81. The number of alkyl halides is 4. The Labute approximate surface area is 123 Å². The lowest BCUT2D eigenvalue weighted by atomic mass is 9.91. The minimum absolute atomic E-state index is 0.0915. The molecule has 0 aromatic heterocycles. The highest BCUT2D eigenvalue weighted by atomic mass is 79.9. The number of methoxy groups -OCH3 is 2. The highest BCUT2D eigenvalue weighted by molar-refractivity contribution is 9.09.